The maximum absolute atomic E-state index is 13.7. The molecule has 29 heavy (non-hydrogen) atoms. The molecule has 6 nitrogen and oxygen atoms in total. The smallest absolute Gasteiger partial charge is 0.249 e. The Morgan fingerprint density at radius 3 is 2.34 bits per heavy atom. The van der Waals surface area contributed by atoms with Crippen LogP contribution < -0.4 is 15.4 Å². The quantitative estimate of drug-likeness (QED) is 0.456. The van der Waals surface area contributed by atoms with E-state index in [2.05, 4.69) is 25.8 Å². The Labute approximate surface area is 167 Å². The Balaban J connectivity index is 1.38. The van der Waals surface area contributed by atoms with Gasteiger partial charge in [0.15, 0.2) is 5.82 Å². The Kier molecular flexibility index (Phi) is 5.57. The number of rotatable bonds is 7. The fraction of sp³-hybridized carbons (Fsp3) is 0.0455. The van der Waals surface area contributed by atoms with Crippen molar-refractivity contribution in [2.75, 3.05) is 10.6 Å². The summed E-state index contributed by atoms with van der Waals surface area (Å²) in [6.45, 7) is 0.302. The molecule has 0 saturated heterocycles. The van der Waals surface area contributed by atoms with Crippen LogP contribution in [-0.2, 0) is 6.54 Å². The number of nitrogens with one attached hydrogen (secondary N) is 2. The van der Waals surface area contributed by atoms with Crippen LogP contribution in [0.1, 0.15) is 5.56 Å². The number of hydrogen-bond donors (Lipinski definition) is 2. The van der Waals surface area contributed by atoms with Crippen molar-refractivity contribution in [2.45, 2.75) is 6.54 Å². The minimum Gasteiger partial charge on any atom is -0.457 e. The van der Waals surface area contributed by atoms with Gasteiger partial charge in [0.1, 0.15) is 17.3 Å². The topological polar surface area (TPSA) is 72.0 Å². The minimum absolute atomic E-state index is 0.266. The van der Waals surface area contributed by atoms with Crippen LogP contribution in [0.4, 0.5) is 21.8 Å². The van der Waals surface area contributed by atoms with E-state index in [0.717, 1.165) is 17.2 Å². The third-order valence-corrected chi connectivity index (χ3v) is 4.07. The van der Waals surface area contributed by atoms with Crippen LogP contribution in [0, 0.1) is 5.82 Å². The molecule has 0 amide bonds. The molecule has 0 atom stereocenters. The maximum atomic E-state index is 13.7. The Morgan fingerprint density at radius 2 is 1.55 bits per heavy atom. The number of para-hydroxylation sites is 1. The maximum Gasteiger partial charge on any atom is 0.249 e. The molecular weight excluding hydrogens is 369 g/mol. The third-order valence-electron chi connectivity index (χ3n) is 4.07. The molecule has 7 heteroatoms. The molecule has 0 fully saturated rings. The molecular formula is C22H18FN5O. The van der Waals surface area contributed by atoms with Crippen molar-refractivity contribution < 1.29 is 9.13 Å². The van der Waals surface area contributed by atoms with E-state index in [-0.39, 0.29) is 5.82 Å². The highest BCUT2D eigenvalue weighted by Gasteiger charge is 2.04. The lowest BCUT2D eigenvalue weighted by molar-refractivity contribution is 0.483. The van der Waals surface area contributed by atoms with Crippen LogP contribution in [-0.4, -0.2) is 15.2 Å². The van der Waals surface area contributed by atoms with Crippen molar-refractivity contribution in [3.8, 4) is 11.5 Å². The van der Waals surface area contributed by atoms with E-state index in [4.69, 9.17) is 4.74 Å². The second-order valence-electron chi connectivity index (χ2n) is 6.17. The summed E-state index contributed by atoms with van der Waals surface area (Å²) in [6.07, 6.45) is 1.49. The van der Waals surface area contributed by atoms with Crippen LogP contribution in [0.15, 0.2) is 85.1 Å². The number of halogens is 1. The lowest BCUT2D eigenvalue weighted by atomic mass is 10.2. The van der Waals surface area contributed by atoms with Crippen LogP contribution >= 0.6 is 0 Å². The predicted octanol–water partition coefficient (Wildman–Crippen LogP) is 5.16. The third kappa shape index (κ3) is 5.04. The molecule has 3 aromatic carbocycles. The predicted molar refractivity (Wildman–Crippen MR) is 110 cm³/mol. The highest BCUT2D eigenvalue weighted by molar-refractivity contribution is 5.55. The second-order valence-corrected chi connectivity index (χ2v) is 6.17. The van der Waals surface area contributed by atoms with Gasteiger partial charge in [0.2, 0.25) is 5.95 Å². The summed E-state index contributed by atoms with van der Waals surface area (Å²) in [5.41, 5.74) is 1.34. The first-order chi connectivity index (χ1) is 14.3. The van der Waals surface area contributed by atoms with E-state index in [9.17, 15) is 4.39 Å². The van der Waals surface area contributed by atoms with Crippen molar-refractivity contribution in [3.05, 3.63) is 96.4 Å². The van der Waals surface area contributed by atoms with Crippen molar-refractivity contribution in [1.29, 1.82) is 0 Å². The van der Waals surface area contributed by atoms with Gasteiger partial charge in [0.25, 0.3) is 0 Å². The SMILES string of the molecule is Fc1ccccc1CNc1cnnc(Nc2ccc(Oc3ccccc3)cc2)n1. The van der Waals surface area contributed by atoms with Gasteiger partial charge in [-0.3, -0.25) is 0 Å². The number of nitrogens with zero attached hydrogens (tertiary/aromatic N) is 3. The molecule has 0 aliphatic rings. The number of hydrogen-bond acceptors (Lipinski definition) is 6. The van der Waals surface area contributed by atoms with Gasteiger partial charge in [0.05, 0.1) is 6.20 Å². The van der Waals surface area contributed by atoms with Gasteiger partial charge < -0.3 is 15.4 Å². The first-order valence-corrected chi connectivity index (χ1v) is 9.03. The van der Waals surface area contributed by atoms with Gasteiger partial charge in [-0.2, -0.15) is 10.1 Å². The van der Waals surface area contributed by atoms with Crippen LogP contribution in [0.3, 0.4) is 0 Å². The second kappa shape index (κ2) is 8.79. The molecule has 0 radical (unpaired) electrons. The van der Waals surface area contributed by atoms with E-state index in [0.29, 0.717) is 23.9 Å². The molecule has 0 saturated carbocycles. The van der Waals surface area contributed by atoms with Crippen molar-refractivity contribution in [3.63, 3.8) is 0 Å². The molecule has 0 spiro atoms. The Bertz CT molecular complexity index is 1070. The summed E-state index contributed by atoms with van der Waals surface area (Å²) in [4.78, 5) is 4.35. The number of ether oxygens (including phenoxy) is 1. The van der Waals surface area contributed by atoms with Crippen molar-refractivity contribution in [1.82, 2.24) is 15.2 Å². The van der Waals surface area contributed by atoms with Crippen LogP contribution in [0.5, 0.6) is 11.5 Å². The zero-order chi connectivity index (χ0) is 19.9. The molecule has 0 aliphatic heterocycles. The first kappa shape index (κ1) is 18.4. The molecule has 144 valence electrons. The van der Waals surface area contributed by atoms with Crippen molar-refractivity contribution in [2.24, 2.45) is 0 Å². The normalized spacial score (nSPS) is 10.4. The number of benzene rings is 3. The zero-order valence-corrected chi connectivity index (χ0v) is 15.4. The zero-order valence-electron chi connectivity index (χ0n) is 15.4. The minimum atomic E-state index is -0.266. The fourth-order valence-electron chi connectivity index (χ4n) is 2.63. The standard InChI is InChI=1S/C22H18FN5O/c23-20-9-5-4-6-16(20)14-24-21-15-25-28-22(27-21)26-17-10-12-19(13-11-17)29-18-7-2-1-3-8-18/h1-13,15H,14H2,(H2,24,26,27,28). The Hall–Kier alpha value is -4.00. The van der Waals surface area contributed by atoms with E-state index in [1.54, 1.807) is 18.2 Å². The average molecular weight is 387 g/mol. The molecule has 0 bridgehead atoms. The molecule has 4 aromatic rings. The summed E-state index contributed by atoms with van der Waals surface area (Å²) in [5.74, 6) is 2.06. The largest absolute Gasteiger partial charge is 0.457 e. The van der Waals surface area contributed by atoms with E-state index >= 15 is 0 Å². The van der Waals surface area contributed by atoms with Crippen molar-refractivity contribution >= 4 is 17.5 Å². The van der Waals surface area contributed by atoms with E-state index in [1.165, 1.54) is 12.3 Å². The lowest BCUT2D eigenvalue weighted by Gasteiger charge is -2.09. The van der Waals surface area contributed by atoms with Gasteiger partial charge >= 0.3 is 0 Å². The molecule has 0 aliphatic carbocycles. The van der Waals surface area contributed by atoms with Gasteiger partial charge in [-0.15, -0.1) is 5.10 Å². The lowest BCUT2D eigenvalue weighted by Crippen LogP contribution is -2.06. The molecule has 4 rings (SSSR count). The monoisotopic (exact) mass is 387 g/mol. The fourth-order valence-corrected chi connectivity index (χ4v) is 2.63. The van der Waals surface area contributed by atoms with Gasteiger partial charge in [-0.25, -0.2) is 4.39 Å². The highest BCUT2D eigenvalue weighted by atomic mass is 19.1. The summed E-state index contributed by atoms with van der Waals surface area (Å²) < 4.78 is 19.5. The van der Waals surface area contributed by atoms with Crippen LogP contribution in [0.25, 0.3) is 0 Å². The average Bonchev–Trinajstić information content (AvgIpc) is 2.76. The van der Waals surface area contributed by atoms with E-state index in [1.807, 2.05) is 54.6 Å². The Morgan fingerprint density at radius 1 is 0.828 bits per heavy atom. The first-order valence-electron chi connectivity index (χ1n) is 9.03. The molecule has 0 unspecified atom stereocenters. The summed E-state index contributed by atoms with van der Waals surface area (Å²) in [5, 5.41) is 14.1. The molecule has 1 heterocycles. The van der Waals surface area contributed by atoms with E-state index < -0.39 is 0 Å². The number of anilines is 3. The molecule has 1 aromatic heterocycles. The van der Waals surface area contributed by atoms with Gasteiger partial charge in [0, 0.05) is 17.8 Å². The van der Waals surface area contributed by atoms with Gasteiger partial charge in [-0.05, 0) is 42.5 Å². The number of aromatic nitrogens is 3. The van der Waals surface area contributed by atoms with Crippen LogP contribution in [0.2, 0.25) is 0 Å². The highest BCUT2D eigenvalue weighted by Crippen LogP contribution is 2.23. The summed E-state index contributed by atoms with van der Waals surface area (Å²) in [7, 11) is 0. The van der Waals surface area contributed by atoms with Gasteiger partial charge in [-0.1, -0.05) is 36.4 Å². The summed E-state index contributed by atoms with van der Waals surface area (Å²) in [6, 6.07) is 23.6. The summed E-state index contributed by atoms with van der Waals surface area (Å²) >= 11 is 0. The molecule has 2 N–H and O–H groups in total.